The third-order valence-electron chi connectivity index (χ3n) is 6.82. The molecule has 1 fully saturated rings. The van der Waals surface area contributed by atoms with E-state index in [0.717, 1.165) is 47.8 Å². The molecule has 0 saturated carbocycles. The Morgan fingerprint density at radius 1 is 1.22 bits per heavy atom. The van der Waals surface area contributed by atoms with E-state index in [2.05, 4.69) is 36.4 Å². The highest BCUT2D eigenvalue weighted by atomic mass is 32.1. The molecule has 1 aliphatic rings. The molecule has 3 unspecified atom stereocenters. The summed E-state index contributed by atoms with van der Waals surface area (Å²) in [5.41, 5.74) is 3.50. The smallest absolute Gasteiger partial charge is 0.253 e. The van der Waals surface area contributed by atoms with Gasteiger partial charge >= 0.3 is 0 Å². The molecule has 200 valence electrons. The molecule has 1 aromatic carbocycles. The number of hydrogen-bond donors (Lipinski definition) is 2. The van der Waals surface area contributed by atoms with Crippen molar-refractivity contribution in [2.45, 2.75) is 47.0 Å². The maximum Gasteiger partial charge on any atom is 0.253 e. The molecule has 3 heterocycles. The van der Waals surface area contributed by atoms with E-state index in [1.165, 1.54) is 30.6 Å². The monoisotopic (exact) mass is 524 g/mol. The number of carbonyl (C=O) groups is 2. The molecule has 2 N–H and O–H groups in total. The van der Waals surface area contributed by atoms with Gasteiger partial charge < -0.3 is 19.9 Å². The summed E-state index contributed by atoms with van der Waals surface area (Å²) in [5.74, 6) is 1.99. The maximum absolute atomic E-state index is 12.0. The van der Waals surface area contributed by atoms with Crippen LogP contribution < -0.4 is 10.6 Å². The largest absolute Gasteiger partial charge is 0.381 e. The SMILES string of the molecule is CCC(C)CC1COCC1CC.Cc1cccc(-c2csc(NC(=O)CNC(=O)c3ccn(C)c3)n2)c1. The van der Waals surface area contributed by atoms with Gasteiger partial charge in [-0.15, -0.1) is 11.3 Å². The lowest BCUT2D eigenvalue weighted by molar-refractivity contribution is -0.115. The number of anilines is 1. The average molecular weight is 525 g/mol. The molecule has 1 saturated heterocycles. The van der Waals surface area contributed by atoms with Crippen molar-refractivity contribution in [1.82, 2.24) is 14.9 Å². The van der Waals surface area contributed by atoms with Gasteiger partial charge in [0.05, 0.1) is 17.8 Å². The van der Waals surface area contributed by atoms with Crippen molar-refractivity contribution >= 4 is 28.3 Å². The normalized spacial score (nSPS) is 17.5. The van der Waals surface area contributed by atoms with Crippen molar-refractivity contribution in [3.63, 3.8) is 0 Å². The number of benzene rings is 1. The molecule has 7 nitrogen and oxygen atoms in total. The fourth-order valence-electron chi connectivity index (χ4n) is 4.37. The highest BCUT2D eigenvalue weighted by Crippen LogP contribution is 2.30. The van der Waals surface area contributed by atoms with Gasteiger partial charge in [-0.05, 0) is 43.2 Å². The summed E-state index contributed by atoms with van der Waals surface area (Å²) in [7, 11) is 1.83. The number of aromatic nitrogens is 2. The van der Waals surface area contributed by atoms with E-state index in [1.807, 2.05) is 43.6 Å². The van der Waals surface area contributed by atoms with Gasteiger partial charge in [0, 0.05) is 43.6 Å². The summed E-state index contributed by atoms with van der Waals surface area (Å²) in [6.07, 6.45) is 7.45. The predicted octanol–water partition coefficient (Wildman–Crippen LogP) is 5.92. The lowest BCUT2D eigenvalue weighted by atomic mass is 9.85. The molecule has 2 amide bonds. The van der Waals surface area contributed by atoms with Crippen molar-refractivity contribution in [1.29, 1.82) is 0 Å². The van der Waals surface area contributed by atoms with Crippen LogP contribution in [0.4, 0.5) is 5.13 Å². The van der Waals surface area contributed by atoms with Gasteiger partial charge in [-0.3, -0.25) is 9.59 Å². The van der Waals surface area contributed by atoms with Crippen LogP contribution in [0.2, 0.25) is 0 Å². The third-order valence-corrected chi connectivity index (χ3v) is 7.58. The first-order valence-corrected chi connectivity index (χ1v) is 14.0. The van der Waals surface area contributed by atoms with Gasteiger partial charge in [-0.2, -0.15) is 0 Å². The molecule has 8 heteroatoms. The van der Waals surface area contributed by atoms with E-state index in [-0.39, 0.29) is 18.4 Å². The number of amides is 2. The summed E-state index contributed by atoms with van der Waals surface area (Å²) in [6, 6.07) is 9.71. The average Bonchev–Trinajstić information content (AvgIpc) is 3.64. The molecular weight excluding hydrogens is 484 g/mol. The van der Waals surface area contributed by atoms with Crippen molar-refractivity contribution in [3.8, 4) is 11.3 Å². The second-order valence-corrected chi connectivity index (χ2v) is 10.8. The van der Waals surface area contributed by atoms with Crippen LogP contribution in [0.5, 0.6) is 0 Å². The number of carbonyl (C=O) groups excluding carboxylic acids is 2. The van der Waals surface area contributed by atoms with E-state index in [4.69, 9.17) is 4.74 Å². The van der Waals surface area contributed by atoms with Crippen molar-refractivity contribution in [2.75, 3.05) is 25.1 Å². The Labute approximate surface area is 224 Å². The number of nitrogens with one attached hydrogen (secondary N) is 2. The van der Waals surface area contributed by atoms with Gasteiger partial charge in [0.1, 0.15) is 0 Å². The highest BCUT2D eigenvalue weighted by Gasteiger charge is 2.27. The highest BCUT2D eigenvalue weighted by molar-refractivity contribution is 7.14. The summed E-state index contributed by atoms with van der Waals surface area (Å²) >= 11 is 1.35. The maximum atomic E-state index is 12.0. The minimum Gasteiger partial charge on any atom is -0.381 e. The third kappa shape index (κ3) is 8.83. The van der Waals surface area contributed by atoms with Crippen molar-refractivity contribution in [3.05, 3.63) is 59.2 Å². The first-order chi connectivity index (χ1) is 17.8. The molecule has 1 aliphatic heterocycles. The number of nitrogens with zero attached hydrogens (tertiary/aromatic N) is 2. The molecule has 3 atom stereocenters. The van der Waals surface area contributed by atoms with Crippen LogP contribution in [0.3, 0.4) is 0 Å². The first-order valence-electron chi connectivity index (χ1n) is 13.1. The van der Waals surface area contributed by atoms with E-state index in [1.54, 1.807) is 23.0 Å². The standard InChI is InChI=1S/C18H18N4O2S.C11H22O/c1-12-4-3-5-13(8-12)15-11-25-18(20-15)21-16(23)9-19-17(24)14-6-7-22(2)10-14;1-4-9(3)6-11-8-12-7-10(11)5-2/h3-8,10-11H,9H2,1-2H3,(H,19,24)(H,20,21,23);9-11H,4-8H2,1-3H3. The second-order valence-electron chi connectivity index (χ2n) is 9.92. The molecule has 0 bridgehead atoms. The van der Waals surface area contributed by atoms with Gasteiger partial charge in [-0.25, -0.2) is 4.98 Å². The van der Waals surface area contributed by atoms with Crippen molar-refractivity contribution < 1.29 is 14.3 Å². The second kappa shape index (κ2) is 14.1. The summed E-state index contributed by atoms with van der Waals surface area (Å²) in [6.45, 7) is 10.9. The van der Waals surface area contributed by atoms with Gasteiger partial charge in [0.15, 0.2) is 5.13 Å². The number of rotatable bonds is 9. The summed E-state index contributed by atoms with van der Waals surface area (Å²) < 4.78 is 7.28. The fourth-order valence-corrected chi connectivity index (χ4v) is 5.11. The van der Waals surface area contributed by atoms with Crippen LogP contribution in [0.25, 0.3) is 11.3 Å². The van der Waals surface area contributed by atoms with Crippen LogP contribution in [0, 0.1) is 24.7 Å². The Kier molecular flexibility index (Phi) is 10.9. The Morgan fingerprint density at radius 3 is 2.68 bits per heavy atom. The number of thiazole rings is 1. The minimum atomic E-state index is -0.311. The van der Waals surface area contributed by atoms with E-state index < -0.39 is 0 Å². The first kappa shape index (κ1) is 28.6. The minimum absolute atomic E-state index is 0.104. The van der Waals surface area contributed by atoms with Crippen LogP contribution in [-0.2, 0) is 16.6 Å². The van der Waals surface area contributed by atoms with Gasteiger partial charge in [0.2, 0.25) is 5.91 Å². The zero-order valence-electron chi connectivity index (χ0n) is 22.6. The predicted molar refractivity (Wildman–Crippen MR) is 151 cm³/mol. The van der Waals surface area contributed by atoms with E-state index in [0.29, 0.717) is 10.7 Å². The summed E-state index contributed by atoms with van der Waals surface area (Å²) in [5, 5.41) is 7.70. The van der Waals surface area contributed by atoms with Crippen LogP contribution in [0.15, 0.2) is 48.1 Å². The van der Waals surface area contributed by atoms with E-state index >= 15 is 0 Å². The molecule has 37 heavy (non-hydrogen) atoms. The Morgan fingerprint density at radius 2 is 2.00 bits per heavy atom. The Hall–Kier alpha value is -2.97. The number of hydrogen-bond acceptors (Lipinski definition) is 5. The van der Waals surface area contributed by atoms with E-state index in [9.17, 15) is 9.59 Å². The fraction of sp³-hybridized carbons (Fsp3) is 0.483. The van der Waals surface area contributed by atoms with Gasteiger partial charge in [0.25, 0.3) is 5.91 Å². The Balaban J connectivity index is 0.000000266. The molecular formula is C29H40N4O3S. The zero-order valence-corrected chi connectivity index (χ0v) is 23.4. The van der Waals surface area contributed by atoms with Crippen LogP contribution >= 0.6 is 11.3 Å². The van der Waals surface area contributed by atoms with Crippen LogP contribution in [-0.4, -0.2) is 41.1 Å². The van der Waals surface area contributed by atoms with Crippen molar-refractivity contribution in [2.24, 2.45) is 24.8 Å². The lowest BCUT2D eigenvalue weighted by Gasteiger charge is -2.18. The molecule has 0 aliphatic carbocycles. The lowest BCUT2D eigenvalue weighted by Crippen LogP contribution is -2.32. The molecule has 3 aromatic rings. The molecule has 2 aromatic heterocycles. The molecule has 4 rings (SSSR count). The van der Waals surface area contributed by atoms with Gasteiger partial charge in [-0.1, -0.05) is 57.4 Å². The quantitative estimate of drug-likeness (QED) is 0.364. The molecule has 0 spiro atoms. The summed E-state index contributed by atoms with van der Waals surface area (Å²) in [4.78, 5) is 28.3. The molecule has 0 radical (unpaired) electrons. The Bertz CT molecular complexity index is 1160. The topological polar surface area (TPSA) is 85.3 Å². The number of aryl methyl sites for hydroxylation is 2. The zero-order chi connectivity index (χ0) is 26.8. The van der Waals surface area contributed by atoms with Crippen LogP contribution in [0.1, 0.15) is 56.0 Å². The number of ether oxygens (including phenoxy) is 1.